The summed E-state index contributed by atoms with van der Waals surface area (Å²) in [5.74, 6) is 0.765. The van der Waals surface area contributed by atoms with Crippen molar-refractivity contribution in [3.05, 3.63) is 23.8 Å². The lowest BCUT2D eigenvalue weighted by molar-refractivity contribution is 0.178. The summed E-state index contributed by atoms with van der Waals surface area (Å²) in [6.07, 6.45) is 0.864. The van der Waals surface area contributed by atoms with E-state index in [0.29, 0.717) is 6.61 Å². The van der Waals surface area contributed by atoms with Gasteiger partial charge in [-0.25, -0.2) is 4.68 Å². The summed E-state index contributed by atoms with van der Waals surface area (Å²) >= 11 is 0. The van der Waals surface area contributed by atoms with Crippen LogP contribution >= 0.6 is 0 Å². The minimum atomic E-state index is 0.182. The Morgan fingerprint density at radius 1 is 1.42 bits per heavy atom. The first-order valence-corrected chi connectivity index (χ1v) is 6.26. The Kier molecular flexibility index (Phi) is 4.11. The fraction of sp³-hybridized carbons (Fsp3) is 0.462. The molecule has 1 aromatic heterocycles. The number of hydrogen-bond acceptors (Lipinski definition) is 5. The zero-order valence-corrected chi connectivity index (χ0v) is 11.5. The largest absolute Gasteiger partial charge is 0.399 e. The highest BCUT2D eigenvalue weighted by Crippen LogP contribution is 2.25. The lowest BCUT2D eigenvalue weighted by Crippen LogP contribution is -2.11. The maximum absolute atomic E-state index is 5.77. The Labute approximate surface area is 112 Å². The number of aromatic nitrogens is 4. The zero-order valence-electron chi connectivity index (χ0n) is 11.5. The molecule has 2 aromatic rings. The number of aryl methyl sites for hydroxylation is 1. The van der Waals surface area contributed by atoms with Crippen molar-refractivity contribution in [3.63, 3.8) is 0 Å². The van der Waals surface area contributed by atoms with Gasteiger partial charge in [-0.15, -0.1) is 5.10 Å². The third-order valence-electron chi connectivity index (χ3n) is 3.14. The molecule has 1 unspecified atom stereocenters. The highest BCUT2D eigenvalue weighted by Gasteiger charge is 2.16. The van der Waals surface area contributed by atoms with Crippen LogP contribution in [0.1, 0.15) is 24.9 Å². The van der Waals surface area contributed by atoms with E-state index in [9.17, 15) is 0 Å². The molecule has 1 aromatic carbocycles. The van der Waals surface area contributed by atoms with Crippen LogP contribution in [0.15, 0.2) is 18.2 Å². The van der Waals surface area contributed by atoms with Gasteiger partial charge in [-0.05, 0) is 54.5 Å². The third-order valence-corrected chi connectivity index (χ3v) is 3.14. The van der Waals surface area contributed by atoms with Gasteiger partial charge < -0.3 is 10.5 Å². The molecule has 0 aliphatic rings. The van der Waals surface area contributed by atoms with Gasteiger partial charge in [0.15, 0.2) is 5.82 Å². The summed E-state index contributed by atoms with van der Waals surface area (Å²) in [4.78, 5) is 0. The van der Waals surface area contributed by atoms with E-state index in [1.54, 1.807) is 7.11 Å². The van der Waals surface area contributed by atoms with E-state index in [1.807, 2.05) is 29.8 Å². The van der Waals surface area contributed by atoms with E-state index in [0.717, 1.165) is 29.1 Å². The second-order valence-corrected chi connectivity index (χ2v) is 4.65. The Balaban J connectivity index is 2.33. The normalized spacial score (nSPS) is 12.6. The first-order valence-electron chi connectivity index (χ1n) is 6.26. The monoisotopic (exact) mass is 261 g/mol. The molecule has 0 radical (unpaired) electrons. The first kappa shape index (κ1) is 13.5. The van der Waals surface area contributed by atoms with Crippen LogP contribution in [0.2, 0.25) is 0 Å². The molecule has 1 atom stereocenters. The second-order valence-electron chi connectivity index (χ2n) is 4.65. The minimum absolute atomic E-state index is 0.182. The third kappa shape index (κ3) is 2.90. The fourth-order valence-corrected chi connectivity index (χ4v) is 2.02. The van der Waals surface area contributed by atoms with Gasteiger partial charge in [-0.2, -0.15) is 0 Å². The van der Waals surface area contributed by atoms with Crippen molar-refractivity contribution in [2.45, 2.75) is 26.3 Å². The lowest BCUT2D eigenvalue weighted by atomic mass is 10.1. The van der Waals surface area contributed by atoms with Gasteiger partial charge in [-0.1, -0.05) is 0 Å². The lowest BCUT2D eigenvalue weighted by Gasteiger charge is -2.14. The molecular weight excluding hydrogens is 242 g/mol. The minimum Gasteiger partial charge on any atom is -0.399 e. The summed E-state index contributed by atoms with van der Waals surface area (Å²) < 4.78 is 6.93. The number of nitrogens with two attached hydrogens (primary N) is 1. The van der Waals surface area contributed by atoms with E-state index >= 15 is 0 Å². The number of rotatable bonds is 5. The molecule has 19 heavy (non-hydrogen) atoms. The number of benzene rings is 1. The molecule has 0 amide bonds. The van der Waals surface area contributed by atoms with Gasteiger partial charge >= 0.3 is 0 Å². The fourth-order valence-electron chi connectivity index (χ4n) is 2.02. The van der Waals surface area contributed by atoms with Gasteiger partial charge in [0, 0.05) is 25.0 Å². The van der Waals surface area contributed by atoms with Crippen molar-refractivity contribution < 1.29 is 4.74 Å². The standard InChI is InChI=1S/C13H19N5O/c1-9-8-11(14)4-5-12(9)13-15-16-17-18(13)10(2)6-7-19-3/h4-5,8,10H,6-7,14H2,1-3H3. The van der Waals surface area contributed by atoms with Crippen molar-refractivity contribution in [2.75, 3.05) is 19.5 Å². The smallest absolute Gasteiger partial charge is 0.182 e. The van der Waals surface area contributed by atoms with Gasteiger partial charge in [-0.3, -0.25) is 0 Å². The average Bonchev–Trinajstić information content (AvgIpc) is 2.85. The topological polar surface area (TPSA) is 78.8 Å². The average molecular weight is 261 g/mol. The summed E-state index contributed by atoms with van der Waals surface area (Å²) in [7, 11) is 1.69. The molecule has 0 aliphatic heterocycles. The quantitative estimate of drug-likeness (QED) is 0.831. The van der Waals surface area contributed by atoms with Crippen LogP contribution in [-0.2, 0) is 4.74 Å². The summed E-state index contributed by atoms with van der Waals surface area (Å²) in [6.45, 7) is 4.76. The number of hydrogen-bond donors (Lipinski definition) is 1. The SMILES string of the molecule is COCCC(C)n1nnnc1-c1ccc(N)cc1C. The maximum atomic E-state index is 5.77. The number of nitrogens with zero attached hydrogens (tertiary/aromatic N) is 4. The van der Waals surface area contributed by atoms with E-state index in [2.05, 4.69) is 22.4 Å². The van der Waals surface area contributed by atoms with Crippen LogP contribution < -0.4 is 5.73 Å². The Hall–Kier alpha value is -1.95. The maximum Gasteiger partial charge on any atom is 0.182 e. The molecule has 6 heteroatoms. The van der Waals surface area contributed by atoms with Crippen molar-refractivity contribution in [3.8, 4) is 11.4 Å². The molecule has 1 heterocycles. The molecule has 0 saturated carbocycles. The first-order chi connectivity index (χ1) is 9.13. The summed E-state index contributed by atoms with van der Waals surface area (Å²) in [6, 6.07) is 5.92. The molecule has 0 spiro atoms. The van der Waals surface area contributed by atoms with E-state index in [4.69, 9.17) is 10.5 Å². The van der Waals surface area contributed by atoms with E-state index in [1.165, 1.54) is 0 Å². The number of nitrogen functional groups attached to an aromatic ring is 1. The van der Waals surface area contributed by atoms with Gasteiger partial charge in [0.05, 0.1) is 6.04 Å². The van der Waals surface area contributed by atoms with Crippen LogP contribution in [-0.4, -0.2) is 33.9 Å². The van der Waals surface area contributed by atoms with E-state index in [-0.39, 0.29) is 6.04 Å². The summed E-state index contributed by atoms with van der Waals surface area (Å²) in [5, 5.41) is 12.0. The predicted molar refractivity (Wildman–Crippen MR) is 73.6 cm³/mol. The molecule has 0 bridgehead atoms. The predicted octanol–water partition coefficient (Wildman–Crippen LogP) is 1.83. The zero-order chi connectivity index (χ0) is 13.8. The molecule has 0 aliphatic carbocycles. The molecule has 102 valence electrons. The van der Waals surface area contributed by atoms with Crippen molar-refractivity contribution in [1.29, 1.82) is 0 Å². The Bertz CT molecular complexity index is 552. The Morgan fingerprint density at radius 3 is 2.89 bits per heavy atom. The molecule has 2 N–H and O–H groups in total. The Morgan fingerprint density at radius 2 is 2.21 bits per heavy atom. The van der Waals surface area contributed by atoms with Crippen molar-refractivity contribution in [1.82, 2.24) is 20.2 Å². The number of tetrazole rings is 1. The van der Waals surface area contributed by atoms with Gasteiger partial charge in [0.25, 0.3) is 0 Å². The molecule has 0 saturated heterocycles. The molecule has 0 fully saturated rings. The van der Waals surface area contributed by atoms with E-state index < -0.39 is 0 Å². The van der Waals surface area contributed by atoms with Gasteiger partial charge in [0.2, 0.25) is 0 Å². The van der Waals surface area contributed by atoms with Gasteiger partial charge in [0.1, 0.15) is 0 Å². The van der Waals surface area contributed by atoms with Crippen molar-refractivity contribution in [2.24, 2.45) is 0 Å². The highest BCUT2D eigenvalue weighted by molar-refractivity contribution is 5.63. The molecular formula is C13H19N5O. The molecule has 6 nitrogen and oxygen atoms in total. The number of ether oxygens (including phenoxy) is 1. The second kappa shape index (κ2) is 5.79. The number of anilines is 1. The van der Waals surface area contributed by atoms with Crippen molar-refractivity contribution >= 4 is 5.69 Å². The van der Waals surface area contributed by atoms with Crippen LogP contribution in [0.5, 0.6) is 0 Å². The highest BCUT2D eigenvalue weighted by atomic mass is 16.5. The van der Waals surface area contributed by atoms with Crippen LogP contribution in [0.4, 0.5) is 5.69 Å². The van der Waals surface area contributed by atoms with Crippen LogP contribution in [0, 0.1) is 6.92 Å². The van der Waals surface area contributed by atoms with Crippen LogP contribution in [0.25, 0.3) is 11.4 Å². The molecule has 2 rings (SSSR count). The number of methoxy groups -OCH3 is 1. The summed E-state index contributed by atoms with van der Waals surface area (Å²) in [5.41, 5.74) is 8.58. The van der Waals surface area contributed by atoms with Crippen LogP contribution in [0.3, 0.4) is 0 Å².